The summed E-state index contributed by atoms with van der Waals surface area (Å²) in [6.07, 6.45) is 0. The van der Waals surface area contributed by atoms with Crippen molar-refractivity contribution in [2.75, 3.05) is 0 Å². The summed E-state index contributed by atoms with van der Waals surface area (Å²) in [4.78, 5) is 5.18. The number of nitrogens with zero attached hydrogens (tertiary/aromatic N) is 1. The lowest BCUT2D eigenvalue weighted by Crippen LogP contribution is -2.40. The van der Waals surface area contributed by atoms with Gasteiger partial charge in [0.25, 0.3) is 0 Å². The van der Waals surface area contributed by atoms with Crippen molar-refractivity contribution in [2.45, 2.75) is 6.04 Å². The maximum absolute atomic E-state index is 5.61. The van der Waals surface area contributed by atoms with E-state index in [-0.39, 0.29) is 6.04 Å². The summed E-state index contributed by atoms with van der Waals surface area (Å²) in [5, 5.41) is 3.66. The van der Waals surface area contributed by atoms with Crippen LogP contribution in [0.5, 0.6) is 0 Å². The highest BCUT2D eigenvalue weighted by Crippen LogP contribution is 2.21. The van der Waals surface area contributed by atoms with Crippen molar-refractivity contribution >= 4 is 40.1 Å². The summed E-state index contributed by atoms with van der Waals surface area (Å²) in [5.74, 6) is 0. The Hall–Kier alpha value is -1.91. The third-order valence-corrected chi connectivity index (χ3v) is 3.80. The van der Waals surface area contributed by atoms with Crippen LogP contribution in [0.25, 0.3) is 0 Å². The van der Waals surface area contributed by atoms with E-state index in [0.717, 1.165) is 21.7 Å². The molecule has 0 saturated heterocycles. The fraction of sp³-hybridized carbons (Fsp3) is 0.0625. The molecule has 4 heteroatoms. The van der Waals surface area contributed by atoms with Crippen LogP contribution in [0.1, 0.15) is 17.2 Å². The van der Waals surface area contributed by atoms with Gasteiger partial charge in [0.05, 0.1) is 16.6 Å². The van der Waals surface area contributed by atoms with Crippen LogP contribution in [0.4, 0.5) is 0 Å². The van der Waals surface area contributed by atoms with E-state index in [1.165, 1.54) is 0 Å². The predicted molar refractivity (Wildman–Crippen MR) is 90.5 cm³/mol. The molecular weight excluding hydrogens is 284 g/mol. The first-order valence-corrected chi connectivity index (χ1v) is 7.11. The summed E-state index contributed by atoms with van der Waals surface area (Å²) in [6.45, 7) is 0. The van der Waals surface area contributed by atoms with Crippen molar-refractivity contribution in [3.05, 3.63) is 71.8 Å². The van der Waals surface area contributed by atoms with Gasteiger partial charge < -0.3 is 5.32 Å². The van der Waals surface area contributed by atoms with E-state index in [1.54, 1.807) is 0 Å². The second-order valence-corrected chi connectivity index (χ2v) is 5.31. The Labute approximate surface area is 128 Å². The van der Waals surface area contributed by atoms with Gasteiger partial charge in [-0.05, 0) is 17.8 Å². The molecule has 2 aromatic rings. The van der Waals surface area contributed by atoms with E-state index in [9.17, 15) is 0 Å². The zero-order valence-corrected chi connectivity index (χ0v) is 12.2. The number of aliphatic imine (C=N–C) groups is 1. The van der Waals surface area contributed by atoms with Crippen LogP contribution in [0.2, 0.25) is 0 Å². The SMILES string of the molecule is S=C1N=C(c2ccccc2)C(=S)C(c2ccccc2)N1. The van der Waals surface area contributed by atoms with Crippen LogP contribution in [0.15, 0.2) is 65.7 Å². The highest BCUT2D eigenvalue weighted by Gasteiger charge is 2.27. The summed E-state index contributed by atoms with van der Waals surface area (Å²) in [5.41, 5.74) is 2.89. The minimum atomic E-state index is -0.0913. The summed E-state index contributed by atoms with van der Waals surface area (Å²) < 4.78 is 0. The molecule has 0 saturated carbocycles. The fourth-order valence-electron chi connectivity index (χ4n) is 2.20. The average Bonchev–Trinajstić information content (AvgIpc) is 2.51. The maximum Gasteiger partial charge on any atom is 0.194 e. The Morgan fingerprint density at radius 3 is 2.10 bits per heavy atom. The third kappa shape index (κ3) is 2.53. The van der Waals surface area contributed by atoms with Crippen LogP contribution in [-0.2, 0) is 0 Å². The molecule has 2 nitrogen and oxygen atoms in total. The van der Waals surface area contributed by atoms with Crippen LogP contribution in [0, 0.1) is 0 Å². The van der Waals surface area contributed by atoms with Crippen molar-refractivity contribution in [3.63, 3.8) is 0 Å². The molecule has 2 aromatic carbocycles. The lowest BCUT2D eigenvalue weighted by atomic mass is 9.96. The number of hydrogen-bond acceptors (Lipinski definition) is 2. The van der Waals surface area contributed by atoms with Gasteiger partial charge in [-0.15, -0.1) is 0 Å². The van der Waals surface area contributed by atoms with Gasteiger partial charge in [0.2, 0.25) is 0 Å². The van der Waals surface area contributed by atoms with E-state index in [1.807, 2.05) is 60.7 Å². The molecule has 0 aromatic heterocycles. The van der Waals surface area contributed by atoms with Gasteiger partial charge in [-0.3, -0.25) is 0 Å². The van der Waals surface area contributed by atoms with Crippen LogP contribution < -0.4 is 5.32 Å². The number of benzene rings is 2. The topological polar surface area (TPSA) is 24.4 Å². The van der Waals surface area contributed by atoms with Crippen molar-refractivity contribution in [3.8, 4) is 0 Å². The van der Waals surface area contributed by atoms with Crippen molar-refractivity contribution in [1.29, 1.82) is 0 Å². The number of thiocarbonyl (C=S) groups is 2. The molecule has 98 valence electrons. The lowest BCUT2D eigenvalue weighted by Gasteiger charge is -2.26. The molecule has 1 aliphatic rings. The average molecular weight is 296 g/mol. The second-order valence-electron chi connectivity index (χ2n) is 4.48. The Bertz CT molecular complexity index is 678. The van der Waals surface area contributed by atoms with E-state index >= 15 is 0 Å². The van der Waals surface area contributed by atoms with E-state index in [2.05, 4.69) is 10.3 Å². The van der Waals surface area contributed by atoms with Gasteiger partial charge >= 0.3 is 0 Å². The summed E-state index contributed by atoms with van der Waals surface area (Å²) >= 11 is 10.9. The quantitative estimate of drug-likeness (QED) is 0.859. The molecule has 1 unspecified atom stereocenters. The second kappa shape index (κ2) is 5.61. The largest absolute Gasteiger partial charge is 0.349 e. The number of rotatable bonds is 2. The highest BCUT2D eigenvalue weighted by atomic mass is 32.1. The standard InChI is InChI=1S/C16H12N2S2/c19-15-13(11-7-3-1-4-8-11)17-16(20)18-14(15)12-9-5-2-6-10-12/h1-10,13H,(H,17,20). The highest BCUT2D eigenvalue weighted by molar-refractivity contribution is 7.82. The molecule has 0 amide bonds. The first-order chi connectivity index (χ1) is 9.75. The fourth-order valence-corrected chi connectivity index (χ4v) is 2.77. The molecule has 0 aliphatic carbocycles. The van der Waals surface area contributed by atoms with Gasteiger partial charge in [-0.2, -0.15) is 0 Å². The van der Waals surface area contributed by atoms with Gasteiger partial charge in [-0.25, -0.2) is 4.99 Å². The van der Waals surface area contributed by atoms with Crippen molar-refractivity contribution in [2.24, 2.45) is 4.99 Å². The predicted octanol–water partition coefficient (Wildman–Crippen LogP) is 3.48. The molecule has 1 heterocycles. The minimum Gasteiger partial charge on any atom is -0.349 e. The van der Waals surface area contributed by atoms with Crippen molar-refractivity contribution < 1.29 is 0 Å². The number of hydrogen-bond donors (Lipinski definition) is 1. The first kappa shape index (κ1) is 13.1. The molecule has 20 heavy (non-hydrogen) atoms. The lowest BCUT2D eigenvalue weighted by molar-refractivity contribution is 0.845. The van der Waals surface area contributed by atoms with Gasteiger partial charge in [0.1, 0.15) is 0 Å². The Kier molecular flexibility index (Phi) is 3.67. The molecule has 1 atom stereocenters. The van der Waals surface area contributed by atoms with Gasteiger partial charge in [0.15, 0.2) is 5.11 Å². The van der Waals surface area contributed by atoms with E-state index in [4.69, 9.17) is 24.4 Å². The Balaban J connectivity index is 2.01. The summed E-state index contributed by atoms with van der Waals surface area (Å²) in [7, 11) is 0. The maximum atomic E-state index is 5.61. The van der Waals surface area contributed by atoms with E-state index < -0.39 is 0 Å². The minimum absolute atomic E-state index is 0.0913. The Morgan fingerprint density at radius 2 is 1.45 bits per heavy atom. The van der Waals surface area contributed by atoms with Gasteiger partial charge in [-0.1, -0.05) is 72.9 Å². The Morgan fingerprint density at radius 1 is 0.850 bits per heavy atom. The van der Waals surface area contributed by atoms with Crippen LogP contribution in [0.3, 0.4) is 0 Å². The molecule has 1 aliphatic heterocycles. The van der Waals surface area contributed by atoms with Crippen LogP contribution >= 0.6 is 24.4 Å². The zero-order valence-electron chi connectivity index (χ0n) is 10.6. The van der Waals surface area contributed by atoms with Gasteiger partial charge in [0, 0.05) is 5.56 Å². The third-order valence-electron chi connectivity index (χ3n) is 3.16. The first-order valence-electron chi connectivity index (χ1n) is 6.29. The molecule has 3 rings (SSSR count). The molecule has 1 N–H and O–H groups in total. The molecule has 0 radical (unpaired) electrons. The normalized spacial score (nSPS) is 18.4. The molecule has 0 bridgehead atoms. The zero-order chi connectivity index (χ0) is 13.9. The molecule has 0 spiro atoms. The molecular formula is C16H12N2S2. The molecule has 0 fully saturated rings. The van der Waals surface area contributed by atoms with Crippen LogP contribution in [-0.4, -0.2) is 15.7 Å². The monoisotopic (exact) mass is 296 g/mol. The summed E-state index contributed by atoms with van der Waals surface area (Å²) in [6, 6.07) is 19.9. The van der Waals surface area contributed by atoms with E-state index in [0.29, 0.717) is 5.11 Å². The van der Waals surface area contributed by atoms with Crippen molar-refractivity contribution in [1.82, 2.24) is 5.32 Å². The smallest absolute Gasteiger partial charge is 0.194 e. The number of nitrogens with one attached hydrogen (secondary N) is 1.